The summed E-state index contributed by atoms with van der Waals surface area (Å²) in [5.74, 6) is 1.77. The van der Waals surface area contributed by atoms with Crippen LogP contribution in [0.3, 0.4) is 0 Å². The van der Waals surface area contributed by atoms with Gasteiger partial charge in [-0.1, -0.05) is 12.8 Å². The number of likely N-dealkylation sites (tertiary alicyclic amines) is 2. The van der Waals surface area contributed by atoms with E-state index >= 15 is 0 Å². The van der Waals surface area contributed by atoms with E-state index in [1.807, 2.05) is 17.2 Å². The summed E-state index contributed by atoms with van der Waals surface area (Å²) in [5, 5.41) is 10.4. The SMILES string of the molecule is Cc1nnc([C@]23CCN(C(=O)c4cscn4)C[C@H]2CN(C2CCCC2)C3)o1. The van der Waals surface area contributed by atoms with Gasteiger partial charge in [0.25, 0.3) is 5.91 Å². The average Bonchev–Trinajstić information content (AvgIpc) is 3.46. The Balaban J connectivity index is 1.42. The second kappa shape index (κ2) is 6.67. The van der Waals surface area contributed by atoms with E-state index in [9.17, 15) is 4.79 Å². The van der Waals surface area contributed by atoms with E-state index in [1.54, 1.807) is 5.51 Å². The highest BCUT2D eigenvalue weighted by molar-refractivity contribution is 7.07. The molecule has 0 unspecified atom stereocenters. The number of hydrogen-bond donors (Lipinski definition) is 0. The van der Waals surface area contributed by atoms with Gasteiger partial charge in [0, 0.05) is 50.4 Å². The lowest BCUT2D eigenvalue weighted by Crippen LogP contribution is -2.51. The van der Waals surface area contributed by atoms with Crippen LogP contribution in [-0.2, 0) is 5.41 Å². The molecule has 27 heavy (non-hydrogen) atoms. The van der Waals surface area contributed by atoms with Crippen LogP contribution in [0.4, 0.5) is 0 Å². The van der Waals surface area contributed by atoms with Crippen LogP contribution in [0.5, 0.6) is 0 Å². The maximum atomic E-state index is 12.8. The normalized spacial score (nSPS) is 29.4. The average molecular weight is 388 g/mol. The number of aromatic nitrogens is 3. The fraction of sp³-hybridized carbons (Fsp3) is 0.684. The number of rotatable bonds is 3. The molecule has 4 heterocycles. The Bertz CT molecular complexity index is 816. The van der Waals surface area contributed by atoms with Crippen molar-refractivity contribution in [3.05, 3.63) is 28.4 Å². The third kappa shape index (κ3) is 2.89. The minimum absolute atomic E-state index is 0.0471. The zero-order valence-electron chi connectivity index (χ0n) is 15.6. The Morgan fingerprint density at radius 1 is 1.30 bits per heavy atom. The minimum atomic E-state index is -0.122. The first-order valence-electron chi connectivity index (χ1n) is 9.88. The lowest BCUT2D eigenvalue weighted by molar-refractivity contribution is 0.0563. The van der Waals surface area contributed by atoms with Gasteiger partial charge in [0.05, 0.1) is 10.9 Å². The highest BCUT2D eigenvalue weighted by Gasteiger charge is 2.55. The number of thiazole rings is 1. The molecule has 5 rings (SSSR count). The topological polar surface area (TPSA) is 75.4 Å². The number of hydrogen-bond acceptors (Lipinski definition) is 7. The molecule has 2 aromatic heterocycles. The van der Waals surface area contributed by atoms with Gasteiger partial charge in [-0.05, 0) is 19.3 Å². The van der Waals surface area contributed by atoms with Crippen LogP contribution in [0.25, 0.3) is 0 Å². The van der Waals surface area contributed by atoms with Crippen molar-refractivity contribution in [1.29, 1.82) is 0 Å². The van der Waals surface area contributed by atoms with Gasteiger partial charge in [0.1, 0.15) is 5.69 Å². The Kier molecular flexibility index (Phi) is 4.27. The Hall–Kier alpha value is -1.80. The van der Waals surface area contributed by atoms with Gasteiger partial charge < -0.3 is 9.32 Å². The molecule has 1 saturated carbocycles. The molecule has 0 bridgehead atoms. The summed E-state index contributed by atoms with van der Waals surface area (Å²) >= 11 is 1.47. The molecule has 0 radical (unpaired) electrons. The quantitative estimate of drug-likeness (QED) is 0.805. The van der Waals surface area contributed by atoms with Crippen molar-refractivity contribution in [2.75, 3.05) is 26.2 Å². The molecule has 144 valence electrons. The number of aryl methyl sites for hydroxylation is 1. The lowest BCUT2D eigenvalue weighted by Gasteiger charge is -2.41. The molecule has 7 nitrogen and oxygen atoms in total. The maximum absolute atomic E-state index is 12.8. The van der Waals surface area contributed by atoms with Crippen molar-refractivity contribution in [3.8, 4) is 0 Å². The molecule has 2 saturated heterocycles. The molecule has 0 N–H and O–H groups in total. The van der Waals surface area contributed by atoms with Crippen LogP contribution in [-0.4, -0.2) is 63.1 Å². The zero-order chi connectivity index (χ0) is 18.4. The molecule has 2 aromatic rings. The molecule has 2 aliphatic heterocycles. The van der Waals surface area contributed by atoms with Gasteiger partial charge in [-0.15, -0.1) is 21.5 Å². The maximum Gasteiger partial charge on any atom is 0.273 e. The van der Waals surface area contributed by atoms with Crippen LogP contribution < -0.4 is 0 Å². The number of piperidine rings is 1. The van der Waals surface area contributed by atoms with Crippen LogP contribution in [0.2, 0.25) is 0 Å². The van der Waals surface area contributed by atoms with Gasteiger partial charge in [0.2, 0.25) is 11.8 Å². The third-order valence-corrected chi connectivity index (χ3v) is 7.31. The Morgan fingerprint density at radius 2 is 2.15 bits per heavy atom. The summed E-state index contributed by atoms with van der Waals surface area (Å²) < 4.78 is 5.94. The standard InChI is InChI=1S/C19H25N5O2S/c1-13-21-22-18(26-13)19-6-7-23(17(25)16-10-27-12-20-16)8-14(19)9-24(11-19)15-4-2-3-5-15/h10,12,14-15H,2-9,11H2,1H3/t14-,19-/m0/s1. The highest BCUT2D eigenvalue weighted by atomic mass is 32.1. The molecule has 1 aliphatic carbocycles. The Morgan fingerprint density at radius 3 is 2.85 bits per heavy atom. The van der Waals surface area contributed by atoms with Crippen LogP contribution >= 0.6 is 11.3 Å². The summed E-state index contributed by atoms with van der Waals surface area (Å²) in [6.07, 6.45) is 6.10. The summed E-state index contributed by atoms with van der Waals surface area (Å²) in [6, 6.07) is 0.666. The molecule has 3 fully saturated rings. The summed E-state index contributed by atoms with van der Waals surface area (Å²) in [6.45, 7) is 5.29. The first kappa shape index (κ1) is 17.3. The van der Waals surface area contributed by atoms with E-state index < -0.39 is 0 Å². The van der Waals surface area contributed by atoms with E-state index in [-0.39, 0.29) is 11.3 Å². The van der Waals surface area contributed by atoms with E-state index in [0.29, 0.717) is 30.1 Å². The van der Waals surface area contributed by atoms with Crippen LogP contribution in [0.1, 0.15) is 54.4 Å². The monoisotopic (exact) mass is 387 g/mol. The molecule has 3 aliphatic rings. The summed E-state index contributed by atoms with van der Waals surface area (Å²) in [4.78, 5) is 21.7. The largest absolute Gasteiger partial charge is 0.425 e. The second-order valence-electron chi connectivity index (χ2n) is 8.22. The molecular weight excluding hydrogens is 362 g/mol. The molecule has 2 atom stereocenters. The predicted octanol–water partition coefficient (Wildman–Crippen LogP) is 2.49. The van der Waals surface area contributed by atoms with E-state index in [2.05, 4.69) is 20.1 Å². The molecular formula is C19H25N5O2S. The summed E-state index contributed by atoms with van der Waals surface area (Å²) in [5.41, 5.74) is 2.16. The first-order chi connectivity index (χ1) is 13.2. The van der Waals surface area contributed by atoms with Gasteiger partial charge in [0.15, 0.2) is 0 Å². The predicted molar refractivity (Wildman–Crippen MR) is 101 cm³/mol. The number of carbonyl (C=O) groups excluding carboxylic acids is 1. The molecule has 0 aromatic carbocycles. The van der Waals surface area contributed by atoms with Gasteiger partial charge in [-0.3, -0.25) is 9.69 Å². The van der Waals surface area contributed by atoms with Crippen LogP contribution in [0, 0.1) is 12.8 Å². The Labute approximate surface area is 162 Å². The van der Waals surface area contributed by atoms with Crippen molar-refractivity contribution in [1.82, 2.24) is 25.0 Å². The fourth-order valence-electron chi connectivity index (χ4n) is 5.28. The zero-order valence-corrected chi connectivity index (χ0v) is 16.5. The molecule has 1 amide bonds. The van der Waals surface area contributed by atoms with Crippen molar-refractivity contribution in [2.24, 2.45) is 5.92 Å². The second-order valence-corrected chi connectivity index (χ2v) is 8.94. The van der Waals surface area contributed by atoms with Crippen molar-refractivity contribution in [3.63, 3.8) is 0 Å². The number of nitrogens with zero attached hydrogens (tertiary/aromatic N) is 5. The van der Waals surface area contributed by atoms with Crippen LogP contribution in [0.15, 0.2) is 15.3 Å². The van der Waals surface area contributed by atoms with E-state index in [4.69, 9.17) is 4.42 Å². The smallest absolute Gasteiger partial charge is 0.273 e. The summed E-state index contributed by atoms with van der Waals surface area (Å²) in [7, 11) is 0. The van der Waals surface area contributed by atoms with Gasteiger partial charge in [-0.25, -0.2) is 4.98 Å². The fourth-order valence-corrected chi connectivity index (χ4v) is 5.81. The third-order valence-electron chi connectivity index (χ3n) is 6.72. The van der Waals surface area contributed by atoms with Crippen molar-refractivity contribution >= 4 is 17.2 Å². The van der Waals surface area contributed by atoms with Crippen molar-refractivity contribution < 1.29 is 9.21 Å². The van der Waals surface area contributed by atoms with Gasteiger partial charge in [-0.2, -0.15) is 0 Å². The minimum Gasteiger partial charge on any atom is -0.425 e. The van der Waals surface area contributed by atoms with Gasteiger partial charge >= 0.3 is 0 Å². The number of carbonyl (C=O) groups is 1. The van der Waals surface area contributed by atoms with E-state index in [1.165, 1.54) is 37.0 Å². The lowest BCUT2D eigenvalue weighted by atomic mass is 9.72. The van der Waals surface area contributed by atoms with Crippen molar-refractivity contribution in [2.45, 2.75) is 50.5 Å². The first-order valence-corrected chi connectivity index (χ1v) is 10.8. The number of amides is 1. The number of fused-ring (bicyclic) bond motifs is 1. The van der Waals surface area contributed by atoms with E-state index in [0.717, 1.165) is 31.9 Å². The molecule has 8 heteroatoms. The molecule has 0 spiro atoms. The highest BCUT2D eigenvalue weighted by Crippen LogP contribution is 2.46.